The van der Waals surface area contributed by atoms with Crippen molar-refractivity contribution in [3.05, 3.63) is 51.3 Å². The summed E-state index contributed by atoms with van der Waals surface area (Å²) < 4.78 is 39.1. The van der Waals surface area contributed by atoms with Crippen LogP contribution in [0.1, 0.15) is 21.7 Å². The lowest BCUT2D eigenvalue weighted by Gasteiger charge is -2.08. The Bertz CT molecular complexity index is 787. The quantitative estimate of drug-likeness (QED) is 0.483. The monoisotopic (exact) mass is 345 g/mol. The van der Waals surface area contributed by atoms with Crippen molar-refractivity contribution in [3.8, 4) is 0 Å². The molecule has 0 saturated heterocycles. The van der Waals surface area contributed by atoms with Crippen molar-refractivity contribution in [1.29, 1.82) is 0 Å². The molecule has 0 saturated carbocycles. The van der Waals surface area contributed by atoms with Gasteiger partial charge in [0.25, 0.3) is 0 Å². The molecule has 0 N–H and O–H groups in total. The standard InChI is InChI=1S/C13H10F3N3O3S/c1-7-10(19(21)22)11(18(2)17-7)12(20)23-9-5-3-4-8(6-9)13(14,15)16/h3-6H,1-2H3. The van der Waals surface area contributed by atoms with Crippen molar-refractivity contribution in [2.24, 2.45) is 7.05 Å². The van der Waals surface area contributed by atoms with Crippen LogP contribution < -0.4 is 0 Å². The van der Waals surface area contributed by atoms with E-state index in [2.05, 4.69) is 5.10 Å². The summed E-state index contributed by atoms with van der Waals surface area (Å²) in [5, 5.41) is 14.1. The van der Waals surface area contributed by atoms with Gasteiger partial charge in [0, 0.05) is 11.9 Å². The third kappa shape index (κ3) is 3.52. The minimum Gasteiger partial charge on any atom is -0.279 e. The largest absolute Gasteiger partial charge is 0.416 e. The number of hydrogen-bond acceptors (Lipinski definition) is 5. The first-order valence-electron chi connectivity index (χ1n) is 6.18. The second kappa shape index (κ2) is 6.03. The second-order valence-electron chi connectivity index (χ2n) is 4.58. The molecule has 23 heavy (non-hydrogen) atoms. The fourth-order valence-electron chi connectivity index (χ4n) is 1.99. The Hall–Kier alpha value is -2.36. The van der Waals surface area contributed by atoms with Gasteiger partial charge in [-0.3, -0.25) is 19.6 Å². The first-order chi connectivity index (χ1) is 10.6. The molecule has 0 aliphatic carbocycles. The molecule has 0 fully saturated rings. The van der Waals surface area contributed by atoms with E-state index < -0.39 is 27.5 Å². The highest BCUT2D eigenvalue weighted by Crippen LogP contribution is 2.34. The number of nitrogens with zero attached hydrogens (tertiary/aromatic N) is 3. The maximum Gasteiger partial charge on any atom is 0.416 e. The van der Waals surface area contributed by atoms with Crippen LogP contribution in [0.25, 0.3) is 0 Å². The Morgan fingerprint density at radius 3 is 2.61 bits per heavy atom. The highest BCUT2D eigenvalue weighted by Gasteiger charge is 2.32. The van der Waals surface area contributed by atoms with Crippen LogP contribution in [0, 0.1) is 17.0 Å². The molecular weight excluding hydrogens is 335 g/mol. The summed E-state index contributed by atoms with van der Waals surface area (Å²) in [5.74, 6) is 0. The second-order valence-corrected chi connectivity index (χ2v) is 5.62. The van der Waals surface area contributed by atoms with Crippen LogP contribution in [0.15, 0.2) is 29.2 Å². The fraction of sp³-hybridized carbons (Fsp3) is 0.231. The highest BCUT2D eigenvalue weighted by atomic mass is 32.2. The average molecular weight is 345 g/mol. The topological polar surface area (TPSA) is 78.0 Å². The minimum atomic E-state index is -4.53. The maximum atomic E-state index is 12.7. The molecule has 0 atom stereocenters. The van der Waals surface area contributed by atoms with Gasteiger partial charge in [0.15, 0.2) is 5.69 Å². The van der Waals surface area contributed by atoms with E-state index in [4.69, 9.17) is 0 Å². The molecule has 0 amide bonds. The molecule has 10 heteroatoms. The Morgan fingerprint density at radius 2 is 2.04 bits per heavy atom. The van der Waals surface area contributed by atoms with Gasteiger partial charge in [-0.25, -0.2) is 0 Å². The van der Waals surface area contributed by atoms with E-state index in [1.807, 2.05) is 0 Å². The summed E-state index contributed by atoms with van der Waals surface area (Å²) in [4.78, 5) is 22.6. The van der Waals surface area contributed by atoms with Crippen molar-refractivity contribution < 1.29 is 22.9 Å². The highest BCUT2D eigenvalue weighted by molar-refractivity contribution is 8.14. The molecule has 0 radical (unpaired) electrons. The van der Waals surface area contributed by atoms with Crippen molar-refractivity contribution in [1.82, 2.24) is 9.78 Å². The number of thioether (sulfide) groups is 1. The van der Waals surface area contributed by atoms with Crippen molar-refractivity contribution in [3.63, 3.8) is 0 Å². The first kappa shape index (κ1) is 17.0. The third-order valence-corrected chi connectivity index (χ3v) is 3.81. The fourth-order valence-corrected chi connectivity index (χ4v) is 2.86. The van der Waals surface area contributed by atoms with Crippen LogP contribution >= 0.6 is 11.8 Å². The zero-order chi connectivity index (χ0) is 17.4. The van der Waals surface area contributed by atoms with Gasteiger partial charge in [-0.15, -0.1) is 0 Å². The maximum absolute atomic E-state index is 12.7. The summed E-state index contributed by atoms with van der Waals surface area (Å²) >= 11 is 0.482. The van der Waals surface area contributed by atoms with Crippen molar-refractivity contribution >= 4 is 22.6 Å². The molecule has 0 aliphatic heterocycles. The number of carbonyl (C=O) groups excluding carboxylic acids is 1. The summed E-state index contributed by atoms with van der Waals surface area (Å²) in [6.07, 6.45) is -4.53. The average Bonchev–Trinajstić information content (AvgIpc) is 2.73. The molecule has 1 aromatic heterocycles. The molecule has 6 nitrogen and oxygen atoms in total. The van der Waals surface area contributed by atoms with E-state index in [-0.39, 0.29) is 16.3 Å². The third-order valence-electron chi connectivity index (χ3n) is 2.94. The number of aromatic nitrogens is 2. The van der Waals surface area contributed by atoms with E-state index in [1.54, 1.807) is 0 Å². The van der Waals surface area contributed by atoms with Gasteiger partial charge in [0.1, 0.15) is 5.69 Å². The zero-order valence-electron chi connectivity index (χ0n) is 11.9. The lowest BCUT2D eigenvalue weighted by atomic mass is 10.2. The van der Waals surface area contributed by atoms with E-state index in [0.717, 1.165) is 16.8 Å². The molecular formula is C13H10F3N3O3S. The predicted molar refractivity (Wildman–Crippen MR) is 76.2 cm³/mol. The minimum absolute atomic E-state index is 0.0398. The first-order valence-corrected chi connectivity index (χ1v) is 7.00. The molecule has 0 aliphatic rings. The number of aryl methyl sites for hydroxylation is 2. The van der Waals surface area contributed by atoms with Gasteiger partial charge in [0.05, 0.1) is 10.5 Å². The van der Waals surface area contributed by atoms with Gasteiger partial charge in [-0.05, 0) is 36.9 Å². The van der Waals surface area contributed by atoms with Crippen LogP contribution in [0.2, 0.25) is 0 Å². The molecule has 0 bridgehead atoms. The zero-order valence-corrected chi connectivity index (χ0v) is 12.7. The summed E-state index contributed by atoms with van der Waals surface area (Å²) in [6.45, 7) is 1.38. The SMILES string of the molecule is Cc1nn(C)c(C(=O)Sc2cccc(C(F)(F)F)c2)c1[N+](=O)[O-]. The van der Waals surface area contributed by atoms with E-state index >= 15 is 0 Å². The van der Waals surface area contributed by atoms with Crippen molar-refractivity contribution in [2.45, 2.75) is 18.0 Å². The molecule has 0 spiro atoms. The smallest absolute Gasteiger partial charge is 0.279 e. The van der Waals surface area contributed by atoms with Crippen LogP contribution in [-0.2, 0) is 13.2 Å². The summed E-state index contributed by atoms with van der Waals surface area (Å²) in [5.41, 5.74) is -1.55. The van der Waals surface area contributed by atoms with Crippen LogP contribution in [0.3, 0.4) is 0 Å². The number of halogens is 3. The molecule has 122 valence electrons. The van der Waals surface area contributed by atoms with Crippen LogP contribution in [0.4, 0.5) is 18.9 Å². The van der Waals surface area contributed by atoms with Crippen molar-refractivity contribution in [2.75, 3.05) is 0 Å². The summed E-state index contributed by atoms with van der Waals surface area (Å²) in [6, 6.07) is 4.19. The molecule has 1 aromatic carbocycles. The number of carbonyl (C=O) groups is 1. The lowest BCUT2D eigenvalue weighted by Crippen LogP contribution is -2.07. The Kier molecular flexibility index (Phi) is 4.46. The molecule has 0 unspecified atom stereocenters. The Balaban J connectivity index is 2.36. The van der Waals surface area contributed by atoms with Gasteiger partial charge in [-0.2, -0.15) is 18.3 Å². The molecule has 2 aromatic rings. The lowest BCUT2D eigenvalue weighted by molar-refractivity contribution is -0.385. The van der Waals surface area contributed by atoms with E-state index in [1.165, 1.54) is 26.1 Å². The van der Waals surface area contributed by atoms with Gasteiger partial charge >= 0.3 is 11.9 Å². The van der Waals surface area contributed by atoms with Gasteiger partial charge in [0.2, 0.25) is 5.12 Å². The Morgan fingerprint density at radius 1 is 1.39 bits per heavy atom. The predicted octanol–water partition coefficient (Wildman–Crippen LogP) is 3.59. The van der Waals surface area contributed by atoms with E-state index in [9.17, 15) is 28.1 Å². The van der Waals surface area contributed by atoms with Crippen LogP contribution in [-0.4, -0.2) is 19.8 Å². The number of alkyl halides is 3. The number of rotatable bonds is 3. The Labute approximate surface area is 132 Å². The van der Waals surface area contributed by atoms with Crippen LogP contribution in [0.5, 0.6) is 0 Å². The molecule has 2 rings (SSSR count). The molecule has 1 heterocycles. The normalized spacial score (nSPS) is 11.5. The number of nitro groups is 1. The van der Waals surface area contributed by atoms with Gasteiger partial charge < -0.3 is 0 Å². The van der Waals surface area contributed by atoms with E-state index in [0.29, 0.717) is 11.8 Å². The summed E-state index contributed by atoms with van der Waals surface area (Å²) in [7, 11) is 1.36. The number of hydrogen-bond donors (Lipinski definition) is 0. The van der Waals surface area contributed by atoms with Gasteiger partial charge in [-0.1, -0.05) is 6.07 Å². The number of benzene rings is 1.